The van der Waals surface area contributed by atoms with Crippen molar-refractivity contribution in [3.63, 3.8) is 0 Å². The van der Waals surface area contributed by atoms with Crippen LogP contribution >= 0.6 is 0 Å². The lowest BCUT2D eigenvalue weighted by atomic mass is 9.82. The van der Waals surface area contributed by atoms with Gasteiger partial charge in [-0.15, -0.1) is 0 Å². The highest BCUT2D eigenvalue weighted by Crippen LogP contribution is 2.28. The van der Waals surface area contributed by atoms with Crippen molar-refractivity contribution in [1.29, 1.82) is 0 Å². The van der Waals surface area contributed by atoms with Crippen molar-refractivity contribution >= 4 is 17.6 Å². The van der Waals surface area contributed by atoms with Crippen molar-refractivity contribution < 1.29 is 5.11 Å². The molecule has 16 heavy (non-hydrogen) atoms. The van der Waals surface area contributed by atoms with Crippen LogP contribution in [0.3, 0.4) is 0 Å². The largest absolute Gasteiger partial charge is 0.393 e. The number of aromatic nitrogens is 2. The molecule has 1 aromatic rings. The lowest BCUT2D eigenvalue weighted by Crippen LogP contribution is -2.37. The quantitative estimate of drug-likeness (QED) is 0.658. The van der Waals surface area contributed by atoms with E-state index in [1.807, 2.05) is 11.9 Å². The molecule has 5 N–H and O–H groups in total. The monoisotopic (exact) mass is 223 g/mol. The Bertz CT molecular complexity index is 357. The van der Waals surface area contributed by atoms with Crippen LogP contribution in [-0.2, 0) is 0 Å². The van der Waals surface area contributed by atoms with Gasteiger partial charge in [0.2, 0.25) is 5.95 Å². The Labute approximate surface area is 94.3 Å². The van der Waals surface area contributed by atoms with E-state index in [0.717, 1.165) is 25.2 Å². The third-order valence-corrected chi connectivity index (χ3v) is 2.88. The Morgan fingerprint density at radius 3 is 2.69 bits per heavy atom. The number of anilines is 3. The van der Waals surface area contributed by atoms with Gasteiger partial charge < -0.3 is 21.5 Å². The van der Waals surface area contributed by atoms with Crippen molar-refractivity contribution in [2.75, 3.05) is 30.0 Å². The van der Waals surface area contributed by atoms with E-state index >= 15 is 0 Å². The first-order chi connectivity index (χ1) is 7.54. The van der Waals surface area contributed by atoms with Gasteiger partial charge in [0.15, 0.2) is 0 Å². The second kappa shape index (κ2) is 4.13. The predicted molar refractivity (Wildman–Crippen MR) is 62.9 cm³/mol. The molecule has 1 saturated carbocycles. The maximum Gasteiger partial charge on any atom is 0.223 e. The lowest BCUT2D eigenvalue weighted by molar-refractivity contribution is 0.0464. The number of aliphatic hydroxyl groups is 1. The minimum atomic E-state index is -0.126. The molecule has 0 saturated heterocycles. The SMILES string of the molecule is CN(CC1CC(O)C1)c1cc(N)nc(N)n1. The molecule has 0 radical (unpaired) electrons. The van der Waals surface area contributed by atoms with Gasteiger partial charge in [-0.05, 0) is 18.8 Å². The van der Waals surface area contributed by atoms with Gasteiger partial charge in [-0.3, -0.25) is 0 Å². The van der Waals surface area contributed by atoms with E-state index in [-0.39, 0.29) is 12.1 Å². The predicted octanol–water partition coefficient (Wildman–Crippen LogP) is -0.152. The molecule has 1 aromatic heterocycles. The summed E-state index contributed by atoms with van der Waals surface area (Å²) < 4.78 is 0. The number of hydrogen-bond donors (Lipinski definition) is 3. The van der Waals surface area contributed by atoms with Crippen LogP contribution in [0.4, 0.5) is 17.6 Å². The summed E-state index contributed by atoms with van der Waals surface area (Å²) in [4.78, 5) is 9.93. The maximum atomic E-state index is 9.21. The maximum absolute atomic E-state index is 9.21. The molecule has 0 aliphatic heterocycles. The average Bonchev–Trinajstić information content (AvgIpc) is 2.13. The zero-order valence-corrected chi connectivity index (χ0v) is 9.30. The molecular weight excluding hydrogens is 206 g/mol. The molecule has 1 fully saturated rings. The number of aliphatic hydroxyl groups excluding tert-OH is 1. The van der Waals surface area contributed by atoms with Crippen LogP contribution in [0.2, 0.25) is 0 Å². The smallest absolute Gasteiger partial charge is 0.223 e. The normalized spacial score (nSPS) is 23.9. The van der Waals surface area contributed by atoms with Crippen LogP contribution < -0.4 is 16.4 Å². The van der Waals surface area contributed by atoms with Crippen LogP contribution in [0.15, 0.2) is 6.07 Å². The van der Waals surface area contributed by atoms with Crippen LogP contribution in [0.1, 0.15) is 12.8 Å². The van der Waals surface area contributed by atoms with Gasteiger partial charge in [0.05, 0.1) is 6.10 Å². The van der Waals surface area contributed by atoms with E-state index in [1.54, 1.807) is 6.07 Å². The number of rotatable bonds is 3. The van der Waals surface area contributed by atoms with Gasteiger partial charge in [0, 0.05) is 19.7 Å². The fourth-order valence-electron chi connectivity index (χ4n) is 2.00. The van der Waals surface area contributed by atoms with Gasteiger partial charge in [-0.25, -0.2) is 0 Å². The van der Waals surface area contributed by atoms with Crippen molar-refractivity contribution in [2.45, 2.75) is 18.9 Å². The molecule has 0 aromatic carbocycles. The number of nitrogen functional groups attached to an aromatic ring is 2. The molecule has 1 aliphatic carbocycles. The molecule has 6 heteroatoms. The third kappa shape index (κ3) is 2.33. The summed E-state index contributed by atoms with van der Waals surface area (Å²) in [5.74, 6) is 1.82. The zero-order chi connectivity index (χ0) is 11.7. The van der Waals surface area contributed by atoms with Crippen LogP contribution in [0.5, 0.6) is 0 Å². The number of nitrogens with zero attached hydrogens (tertiary/aromatic N) is 3. The highest BCUT2D eigenvalue weighted by atomic mass is 16.3. The van der Waals surface area contributed by atoms with E-state index in [4.69, 9.17) is 11.5 Å². The molecule has 2 rings (SSSR count). The first-order valence-corrected chi connectivity index (χ1v) is 5.34. The molecular formula is C10H17N5O. The Hall–Kier alpha value is -1.56. The Morgan fingerprint density at radius 1 is 1.44 bits per heavy atom. The van der Waals surface area contributed by atoms with Crippen LogP contribution in [0.25, 0.3) is 0 Å². The standard InChI is InChI=1S/C10H17N5O/c1-15(5-6-2-7(16)3-6)9-4-8(11)13-10(12)14-9/h4,6-7,16H,2-3,5H2,1H3,(H4,11,12,13,14). The van der Waals surface area contributed by atoms with Crippen LogP contribution in [0, 0.1) is 5.92 Å². The van der Waals surface area contributed by atoms with Gasteiger partial charge in [0.25, 0.3) is 0 Å². The van der Waals surface area contributed by atoms with Gasteiger partial charge in [-0.2, -0.15) is 9.97 Å². The molecule has 0 bridgehead atoms. The highest BCUT2D eigenvalue weighted by Gasteiger charge is 2.28. The first-order valence-electron chi connectivity index (χ1n) is 5.34. The zero-order valence-electron chi connectivity index (χ0n) is 9.30. The summed E-state index contributed by atoms with van der Waals surface area (Å²) >= 11 is 0. The van der Waals surface area contributed by atoms with Crippen molar-refractivity contribution in [2.24, 2.45) is 5.92 Å². The van der Waals surface area contributed by atoms with E-state index in [1.165, 1.54) is 0 Å². The average molecular weight is 223 g/mol. The van der Waals surface area contributed by atoms with E-state index in [2.05, 4.69) is 9.97 Å². The summed E-state index contributed by atoms with van der Waals surface area (Å²) in [7, 11) is 1.94. The van der Waals surface area contributed by atoms with Crippen molar-refractivity contribution in [3.8, 4) is 0 Å². The molecule has 1 aliphatic rings. The number of nitrogens with two attached hydrogens (primary N) is 2. The lowest BCUT2D eigenvalue weighted by Gasteiger charge is -2.34. The Morgan fingerprint density at radius 2 is 2.12 bits per heavy atom. The fraction of sp³-hybridized carbons (Fsp3) is 0.600. The first kappa shape index (κ1) is 10.9. The van der Waals surface area contributed by atoms with Crippen LogP contribution in [-0.4, -0.2) is 34.8 Å². The van der Waals surface area contributed by atoms with Crippen molar-refractivity contribution in [1.82, 2.24) is 9.97 Å². The molecule has 6 nitrogen and oxygen atoms in total. The summed E-state index contributed by atoms with van der Waals surface area (Å²) in [6, 6.07) is 1.70. The fourth-order valence-corrected chi connectivity index (χ4v) is 2.00. The molecule has 0 spiro atoms. The van der Waals surface area contributed by atoms with E-state index in [9.17, 15) is 5.11 Å². The van der Waals surface area contributed by atoms with Crippen molar-refractivity contribution in [3.05, 3.63) is 6.07 Å². The molecule has 1 heterocycles. The van der Waals surface area contributed by atoms with Gasteiger partial charge in [0.1, 0.15) is 11.6 Å². The van der Waals surface area contributed by atoms with E-state index < -0.39 is 0 Å². The van der Waals surface area contributed by atoms with Gasteiger partial charge in [-0.1, -0.05) is 0 Å². The van der Waals surface area contributed by atoms with Gasteiger partial charge >= 0.3 is 0 Å². The molecule has 88 valence electrons. The molecule has 0 amide bonds. The Kier molecular flexibility index (Phi) is 2.82. The molecule has 0 unspecified atom stereocenters. The Balaban J connectivity index is 2.00. The second-order valence-electron chi connectivity index (χ2n) is 4.38. The minimum Gasteiger partial charge on any atom is -0.393 e. The molecule has 0 atom stereocenters. The third-order valence-electron chi connectivity index (χ3n) is 2.88. The minimum absolute atomic E-state index is 0.126. The highest BCUT2D eigenvalue weighted by molar-refractivity contribution is 5.49. The summed E-state index contributed by atoms with van der Waals surface area (Å²) in [5, 5.41) is 9.21. The summed E-state index contributed by atoms with van der Waals surface area (Å²) in [6.07, 6.45) is 1.60. The number of hydrogen-bond acceptors (Lipinski definition) is 6. The topological polar surface area (TPSA) is 101 Å². The summed E-state index contributed by atoms with van der Waals surface area (Å²) in [6.45, 7) is 0.854. The van der Waals surface area contributed by atoms with E-state index in [0.29, 0.717) is 11.7 Å². The summed E-state index contributed by atoms with van der Waals surface area (Å²) in [5.41, 5.74) is 11.1. The second-order valence-corrected chi connectivity index (χ2v) is 4.38.